The molecule has 0 bridgehead atoms. The average molecular weight is 241 g/mol. The Morgan fingerprint density at radius 3 is 2.47 bits per heavy atom. The van der Waals surface area contributed by atoms with Crippen LogP contribution in [0.2, 0.25) is 0 Å². The summed E-state index contributed by atoms with van der Waals surface area (Å²) in [4.78, 5) is 14.3. The van der Waals surface area contributed by atoms with Gasteiger partial charge in [-0.25, -0.2) is 0 Å². The van der Waals surface area contributed by atoms with E-state index in [1.165, 1.54) is 0 Å². The van der Waals surface area contributed by atoms with Crippen LogP contribution in [0, 0.1) is 5.92 Å². The van der Waals surface area contributed by atoms with Gasteiger partial charge in [0.2, 0.25) is 5.91 Å². The maximum atomic E-state index is 12.3. The van der Waals surface area contributed by atoms with Gasteiger partial charge < -0.3 is 15.5 Å². The van der Waals surface area contributed by atoms with Gasteiger partial charge in [-0.2, -0.15) is 0 Å². The topological polar surface area (TPSA) is 44.4 Å². The molecule has 1 fully saturated rings. The zero-order valence-electron chi connectivity index (χ0n) is 11.5. The van der Waals surface area contributed by atoms with Gasteiger partial charge in [-0.05, 0) is 12.8 Å². The van der Waals surface area contributed by atoms with Gasteiger partial charge in [0.05, 0.1) is 6.04 Å². The maximum Gasteiger partial charge on any atom is 0.241 e. The Hall–Kier alpha value is -0.610. The second kappa shape index (κ2) is 7.67. The molecule has 0 aromatic carbocycles. The van der Waals surface area contributed by atoms with E-state index < -0.39 is 0 Å². The first-order valence-electron chi connectivity index (χ1n) is 6.95. The van der Waals surface area contributed by atoms with E-state index in [1.807, 2.05) is 4.90 Å². The van der Waals surface area contributed by atoms with Crippen LogP contribution in [0.4, 0.5) is 0 Å². The molecule has 4 heteroatoms. The van der Waals surface area contributed by atoms with Gasteiger partial charge in [-0.15, -0.1) is 0 Å². The lowest BCUT2D eigenvalue weighted by atomic mass is 10.0. The highest BCUT2D eigenvalue weighted by Crippen LogP contribution is 2.11. The predicted octanol–water partition coefficient (Wildman–Crippen LogP) is 0.833. The van der Waals surface area contributed by atoms with Crippen molar-refractivity contribution < 1.29 is 4.79 Å². The minimum Gasteiger partial charge on any atom is -0.341 e. The van der Waals surface area contributed by atoms with Gasteiger partial charge >= 0.3 is 0 Å². The zero-order valence-corrected chi connectivity index (χ0v) is 11.5. The number of nitrogens with zero attached hydrogens (tertiary/aromatic N) is 1. The van der Waals surface area contributed by atoms with Gasteiger partial charge in [-0.3, -0.25) is 4.79 Å². The highest BCUT2D eigenvalue weighted by atomic mass is 16.2. The number of nitrogens with one attached hydrogen (secondary N) is 2. The summed E-state index contributed by atoms with van der Waals surface area (Å²) in [5, 5.41) is 6.56. The smallest absolute Gasteiger partial charge is 0.241 e. The van der Waals surface area contributed by atoms with Crippen molar-refractivity contribution in [2.75, 3.05) is 32.7 Å². The summed E-state index contributed by atoms with van der Waals surface area (Å²) in [7, 11) is 0. The average Bonchev–Trinajstić information content (AvgIpc) is 2.40. The third-order valence-corrected chi connectivity index (χ3v) is 3.67. The van der Waals surface area contributed by atoms with Gasteiger partial charge in [0.25, 0.3) is 0 Å². The molecule has 1 aliphatic rings. The lowest BCUT2D eigenvalue weighted by Gasteiger charge is -2.31. The first kappa shape index (κ1) is 14.5. The fourth-order valence-corrected chi connectivity index (χ4v) is 2.28. The van der Waals surface area contributed by atoms with Crippen LogP contribution in [0.15, 0.2) is 0 Å². The molecule has 2 N–H and O–H groups in total. The van der Waals surface area contributed by atoms with E-state index in [-0.39, 0.29) is 11.9 Å². The van der Waals surface area contributed by atoms with Gasteiger partial charge in [0.1, 0.15) is 0 Å². The molecule has 0 aliphatic carbocycles. The standard InChI is InChI=1S/C13H27N3O/c1-4-11(5-2)10-16(6-3)13(17)12-9-14-7-8-15-12/h11-12,14-15H,4-10H2,1-3H3. The molecule has 1 rings (SSSR count). The molecule has 4 nitrogen and oxygen atoms in total. The van der Waals surface area contributed by atoms with Crippen molar-refractivity contribution in [1.29, 1.82) is 0 Å². The van der Waals surface area contributed by atoms with E-state index >= 15 is 0 Å². The monoisotopic (exact) mass is 241 g/mol. The predicted molar refractivity (Wildman–Crippen MR) is 71.0 cm³/mol. The number of rotatable bonds is 6. The fourth-order valence-electron chi connectivity index (χ4n) is 2.28. The molecule has 1 aliphatic heterocycles. The summed E-state index contributed by atoms with van der Waals surface area (Å²) in [5.74, 6) is 0.891. The van der Waals surface area contributed by atoms with Crippen LogP contribution >= 0.6 is 0 Å². The Balaban J connectivity index is 2.50. The third kappa shape index (κ3) is 4.28. The summed E-state index contributed by atoms with van der Waals surface area (Å²) in [6.45, 7) is 10.8. The molecule has 0 radical (unpaired) electrons. The van der Waals surface area contributed by atoms with E-state index in [1.54, 1.807) is 0 Å². The van der Waals surface area contributed by atoms with Crippen molar-refractivity contribution in [3.8, 4) is 0 Å². The van der Waals surface area contributed by atoms with Gasteiger partial charge in [-0.1, -0.05) is 26.7 Å². The maximum absolute atomic E-state index is 12.3. The van der Waals surface area contributed by atoms with Crippen molar-refractivity contribution in [2.45, 2.75) is 39.7 Å². The number of likely N-dealkylation sites (N-methyl/N-ethyl adjacent to an activating group) is 1. The van der Waals surface area contributed by atoms with Crippen LogP contribution in [-0.2, 0) is 4.79 Å². The number of hydrogen-bond donors (Lipinski definition) is 2. The van der Waals surface area contributed by atoms with Crippen molar-refractivity contribution in [1.82, 2.24) is 15.5 Å². The molecule has 1 amide bonds. The number of carbonyl (C=O) groups is 1. The summed E-state index contributed by atoms with van der Waals surface area (Å²) in [5.41, 5.74) is 0. The van der Waals surface area contributed by atoms with E-state index in [2.05, 4.69) is 31.4 Å². The first-order valence-corrected chi connectivity index (χ1v) is 6.95. The Morgan fingerprint density at radius 1 is 1.29 bits per heavy atom. The SMILES string of the molecule is CCC(CC)CN(CC)C(=O)C1CNCCN1. The van der Waals surface area contributed by atoms with Crippen LogP contribution in [0.25, 0.3) is 0 Å². The Bertz CT molecular complexity index is 223. The van der Waals surface area contributed by atoms with Crippen molar-refractivity contribution in [2.24, 2.45) is 5.92 Å². The molecular weight excluding hydrogens is 214 g/mol. The molecule has 0 saturated carbocycles. The largest absolute Gasteiger partial charge is 0.341 e. The fraction of sp³-hybridized carbons (Fsp3) is 0.923. The van der Waals surface area contributed by atoms with Crippen molar-refractivity contribution >= 4 is 5.91 Å². The quantitative estimate of drug-likeness (QED) is 0.724. The summed E-state index contributed by atoms with van der Waals surface area (Å²) >= 11 is 0. The van der Waals surface area contributed by atoms with Crippen LogP contribution < -0.4 is 10.6 Å². The Labute approximate surface area is 105 Å². The number of piperazine rings is 1. The van der Waals surface area contributed by atoms with Crippen LogP contribution in [0.1, 0.15) is 33.6 Å². The second-order valence-electron chi connectivity index (χ2n) is 4.77. The zero-order chi connectivity index (χ0) is 12.7. The van der Waals surface area contributed by atoms with E-state index in [9.17, 15) is 4.79 Å². The highest BCUT2D eigenvalue weighted by Gasteiger charge is 2.25. The molecule has 0 spiro atoms. The molecule has 100 valence electrons. The van der Waals surface area contributed by atoms with E-state index in [0.717, 1.165) is 45.6 Å². The summed E-state index contributed by atoms with van der Waals surface area (Å²) in [6.07, 6.45) is 2.30. The minimum absolute atomic E-state index is 0.0296. The number of hydrogen-bond acceptors (Lipinski definition) is 3. The summed E-state index contributed by atoms with van der Waals surface area (Å²) in [6, 6.07) is -0.0296. The molecule has 0 aromatic rings. The van der Waals surface area contributed by atoms with E-state index in [4.69, 9.17) is 0 Å². The molecular formula is C13H27N3O. The first-order chi connectivity index (χ1) is 8.22. The van der Waals surface area contributed by atoms with Crippen molar-refractivity contribution in [3.05, 3.63) is 0 Å². The molecule has 0 aromatic heterocycles. The number of amides is 1. The third-order valence-electron chi connectivity index (χ3n) is 3.67. The number of carbonyl (C=O) groups excluding carboxylic acids is 1. The molecule has 1 atom stereocenters. The lowest BCUT2D eigenvalue weighted by molar-refractivity contribution is -0.134. The second-order valence-corrected chi connectivity index (χ2v) is 4.77. The van der Waals surface area contributed by atoms with E-state index in [0.29, 0.717) is 5.92 Å². The molecule has 1 heterocycles. The Kier molecular flexibility index (Phi) is 6.52. The molecule has 17 heavy (non-hydrogen) atoms. The van der Waals surface area contributed by atoms with Crippen molar-refractivity contribution in [3.63, 3.8) is 0 Å². The van der Waals surface area contributed by atoms with Crippen LogP contribution in [-0.4, -0.2) is 49.6 Å². The van der Waals surface area contributed by atoms with Gasteiger partial charge in [0.15, 0.2) is 0 Å². The van der Waals surface area contributed by atoms with Crippen LogP contribution in [0.5, 0.6) is 0 Å². The molecule has 1 saturated heterocycles. The minimum atomic E-state index is -0.0296. The molecule has 1 unspecified atom stereocenters. The highest BCUT2D eigenvalue weighted by molar-refractivity contribution is 5.82. The normalized spacial score (nSPS) is 20.6. The van der Waals surface area contributed by atoms with Gasteiger partial charge in [0, 0.05) is 32.7 Å². The summed E-state index contributed by atoms with van der Waals surface area (Å²) < 4.78 is 0. The Morgan fingerprint density at radius 2 is 2.00 bits per heavy atom. The van der Waals surface area contributed by atoms with Crippen LogP contribution in [0.3, 0.4) is 0 Å². The lowest BCUT2D eigenvalue weighted by Crippen LogP contribution is -2.57.